The summed E-state index contributed by atoms with van der Waals surface area (Å²) in [6.07, 6.45) is 6.63. The third-order valence-electron chi connectivity index (χ3n) is 4.46. The van der Waals surface area contributed by atoms with Crippen LogP contribution in [0.15, 0.2) is 18.5 Å². The molecule has 2 aromatic heterocycles. The molecule has 1 unspecified atom stereocenters. The van der Waals surface area contributed by atoms with E-state index in [9.17, 15) is 4.79 Å². The highest BCUT2D eigenvalue weighted by Gasteiger charge is 2.31. The second kappa shape index (κ2) is 6.41. The second-order valence-corrected chi connectivity index (χ2v) is 7.04. The number of rotatable bonds is 2. The van der Waals surface area contributed by atoms with Gasteiger partial charge >= 0.3 is 0 Å². The quantitative estimate of drug-likeness (QED) is 0.841. The van der Waals surface area contributed by atoms with Gasteiger partial charge < -0.3 is 14.5 Å². The van der Waals surface area contributed by atoms with Crippen LogP contribution in [0.4, 0.5) is 5.13 Å². The molecule has 0 aliphatic carbocycles. The first-order valence-electron chi connectivity index (χ1n) is 8.17. The summed E-state index contributed by atoms with van der Waals surface area (Å²) in [6.45, 7) is 3.66. The van der Waals surface area contributed by atoms with E-state index >= 15 is 0 Å². The van der Waals surface area contributed by atoms with Crippen molar-refractivity contribution in [1.82, 2.24) is 14.9 Å². The van der Waals surface area contributed by atoms with E-state index in [2.05, 4.69) is 14.9 Å². The standard InChI is InChI=1S/C16H20N4O2S/c21-15(19-6-2-1-3-7-19)13-11-20(8-9-22-13)16-18-12-10-17-5-4-14(12)23-16/h4-5,10,13H,1-3,6-9,11H2. The Bertz CT molecular complexity index is 665. The van der Waals surface area contributed by atoms with Crippen LogP contribution in [0, 0.1) is 0 Å². The van der Waals surface area contributed by atoms with Gasteiger partial charge in [-0.1, -0.05) is 11.3 Å². The van der Waals surface area contributed by atoms with E-state index in [1.165, 1.54) is 6.42 Å². The lowest BCUT2D eigenvalue weighted by Crippen LogP contribution is -2.52. The molecule has 2 aromatic rings. The van der Waals surface area contributed by atoms with Crippen molar-refractivity contribution in [2.24, 2.45) is 0 Å². The summed E-state index contributed by atoms with van der Waals surface area (Å²) in [7, 11) is 0. The van der Waals surface area contributed by atoms with Crippen molar-refractivity contribution >= 4 is 32.6 Å². The summed E-state index contributed by atoms with van der Waals surface area (Å²) >= 11 is 1.65. The minimum Gasteiger partial charge on any atom is -0.365 e. The molecule has 122 valence electrons. The van der Waals surface area contributed by atoms with Gasteiger partial charge in [-0.05, 0) is 25.3 Å². The maximum atomic E-state index is 12.6. The third kappa shape index (κ3) is 3.03. The van der Waals surface area contributed by atoms with Crippen LogP contribution in [0.25, 0.3) is 10.2 Å². The minimum absolute atomic E-state index is 0.136. The van der Waals surface area contributed by atoms with Gasteiger partial charge in [0, 0.05) is 25.8 Å². The van der Waals surface area contributed by atoms with Crippen molar-refractivity contribution < 1.29 is 9.53 Å². The maximum absolute atomic E-state index is 12.6. The number of fused-ring (bicyclic) bond motifs is 1. The summed E-state index contributed by atoms with van der Waals surface area (Å²) < 4.78 is 6.88. The largest absolute Gasteiger partial charge is 0.365 e. The van der Waals surface area contributed by atoms with Gasteiger partial charge in [-0.2, -0.15) is 0 Å². The molecule has 0 spiro atoms. The Kier molecular flexibility index (Phi) is 4.13. The smallest absolute Gasteiger partial charge is 0.253 e. The number of aromatic nitrogens is 2. The Hall–Kier alpha value is -1.73. The van der Waals surface area contributed by atoms with Crippen LogP contribution in [0.3, 0.4) is 0 Å². The fourth-order valence-electron chi connectivity index (χ4n) is 3.19. The fraction of sp³-hybridized carbons (Fsp3) is 0.562. The molecule has 6 nitrogen and oxygen atoms in total. The molecule has 23 heavy (non-hydrogen) atoms. The lowest BCUT2D eigenvalue weighted by Gasteiger charge is -2.36. The molecule has 0 N–H and O–H groups in total. The predicted octanol–water partition coefficient (Wildman–Crippen LogP) is 1.91. The molecule has 0 radical (unpaired) electrons. The van der Waals surface area contributed by atoms with Crippen molar-refractivity contribution in [3.05, 3.63) is 18.5 Å². The van der Waals surface area contributed by atoms with Crippen molar-refractivity contribution in [3.8, 4) is 0 Å². The number of carbonyl (C=O) groups is 1. The van der Waals surface area contributed by atoms with Crippen LogP contribution in [-0.2, 0) is 9.53 Å². The Morgan fingerprint density at radius 3 is 2.96 bits per heavy atom. The molecule has 2 aliphatic rings. The molecular weight excluding hydrogens is 312 g/mol. The van der Waals surface area contributed by atoms with Crippen LogP contribution in [0.1, 0.15) is 19.3 Å². The second-order valence-electron chi connectivity index (χ2n) is 6.03. The maximum Gasteiger partial charge on any atom is 0.253 e. The monoisotopic (exact) mass is 332 g/mol. The van der Waals surface area contributed by atoms with Crippen molar-refractivity contribution in [2.45, 2.75) is 25.4 Å². The van der Waals surface area contributed by atoms with E-state index in [0.29, 0.717) is 13.2 Å². The minimum atomic E-state index is -0.369. The molecule has 2 fully saturated rings. The number of nitrogens with zero attached hydrogens (tertiary/aromatic N) is 4. The lowest BCUT2D eigenvalue weighted by molar-refractivity contribution is -0.145. The molecule has 2 saturated heterocycles. The first kappa shape index (κ1) is 14.8. The molecule has 1 amide bonds. The molecule has 4 rings (SSSR count). The summed E-state index contributed by atoms with van der Waals surface area (Å²) in [5, 5.41) is 0.952. The Morgan fingerprint density at radius 2 is 2.13 bits per heavy atom. The van der Waals surface area contributed by atoms with Crippen molar-refractivity contribution in [1.29, 1.82) is 0 Å². The third-order valence-corrected chi connectivity index (χ3v) is 5.56. The number of anilines is 1. The molecule has 7 heteroatoms. The van der Waals surface area contributed by atoms with E-state index in [4.69, 9.17) is 4.74 Å². The van der Waals surface area contributed by atoms with E-state index in [1.807, 2.05) is 11.0 Å². The van der Waals surface area contributed by atoms with Crippen LogP contribution in [0.5, 0.6) is 0 Å². The normalized spacial score (nSPS) is 22.5. The van der Waals surface area contributed by atoms with Gasteiger partial charge in [0.05, 0.1) is 24.0 Å². The number of amides is 1. The Morgan fingerprint density at radius 1 is 1.26 bits per heavy atom. The summed E-state index contributed by atoms with van der Waals surface area (Å²) in [4.78, 5) is 25.5. The Labute approximate surface area is 139 Å². The molecule has 0 aromatic carbocycles. The number of ether oxygens (including phenoxy) is 1. The van der Waals surface area contributed by atoms with Gasteiger partial charge in [0.25, 0.3) is 5.91 Å². The van der Waals surface area contributed by atoms with Crippen LogP contribution < -0.4 is 4.90 Å². The van der Waals surface area contributed by atoms with Gasteiger partial charge in [-0.25, -0.2) is 4.98 Å². The summed E-state index contributed by atoms with van der Waals surface area (Å²) in [6, 6.07) is 1.98. The number of pyridine rings is 1. The number of carbonyl (C=O) groups excluding carboxylic acids is 1. The number of hydrogen-bond donors (Lipinski definition) is 0. The average Bonchev–Trinajstić information content (AvgIpc) is 3.06. The van der Waals surface area contributed by atoms with Crippen LogP contribution in [0.2, 0.25) is 0 Å². The highest BCUT2D eigenvalue weighted by Crippen LogP contribution is 2.29. The molecule has 0 bridgehead atoms. The average molecular weight is 332 g/mol. The van der Waals surface area contributed by atoms with E-state index < -0.39 is 0 Å². The van der Waals surface area contributed by atoms with Crippen LogP contribution in [-0.4, -0.2) is 59.7 Å². The van der Waals surface area contributed by atoms with Gasteiger partial charge in [-0.15, -0.1) is 0 Å². The van der Waals surface area contributed by atoms with Gasteiger partial charge in [0.1, 0.15) is 5.52 Å². The van der Waals surface area contributed by atoms with Crippen molar-refractivity contribution in [2.75, 3.05) is 37.7 Å². The first-order chi connectivity index (χ1) is 11.3. The SMILES string of the molecule is O=C(C1CN(c2nc3cnccc3s2)CCO1)N1CCCCC1. The molecule has 1 atom stereocenters. The number of morpholine rings is 1. The molecule has 2 aliphatic heterocycles. The lowest BCUT2D eigenvalue weighted by atomic mass is 10.1. The predicted molar refractivity (Wildman–Crippen MR) is 89.8 cm³/mol. The molecular formula is C16H20N4O2S. The highest BCUT2D eigenvalue weighted by atomic mass is 32.1. The summed E-state index contributed by atoms with van der Waals surface area (Å²) in [5.74, 6) is 0.136. The summed E-state index contributed by atoms with van der Waals surface area (Å²) in [5.41, 5.74) is 0.915. The highest BCUT2D eigenvalue weighted by molar-refractivity contribution is 7.22. The molecule has 4 heterocycles. The van der Waals surface area contributed by atoms with Crippen molar-refractivity contribution in [3.63, 3.8) is 0 Å². The van der Waals surface area contributed by atoms with Crippen LogP contribution >= 0.6 is 11.3 Å². The number of piperidine rings is 1. The zero-order chi connectivity index (χ0) is 15.6. The topological polar surface area (TPSA) is 58.6 Å². The zero-order valence-corrected chi connectivity index (χ0v) is 13.8. The van der Waals surface area contributed by atoms with E-state index in [1.54, 1.807) is 23.7 Å². The fourth-order valence-corrected chi connectivity index (χ4v) is 4.16. The van der Waals surface area contributed by atoms with E-state index in [0.717, 1.165) is 47.8 Å². The Balaban J connectivity index is 1.48. The van der Waals surface area contributed by atoms with E-state index in [-0.39, 0.29) is 12.0 Å². The number of hydrogen-bond acceptors (Lipinski definition) is 6. The van der Waals surface area contributed by atoms with Gasteiger partial charge in [-0.3, -0.25) is 9.78 Å². The number of likely N-dealkylation sites (tertiary alicyclic amines) is 1. The zero-order valence-electron chi connectivity index (χ0n) is 13.0. The molecule has 0 saturated carbocycles. The van der Waals surface area contributed by atoms with Gasteiger partial charge in [0.2, 0.25) is 0 Å². The van der Waals surface area contributed by atoms with Gasteiger partial charge in [0.15, 0.2) is 11.2 Å². The first-order valence-corrected chi connectivity index (χ1v) is 8.99. The number of thiazole rings is 1.